The minimum absolute atomic E-state index is 0.0473. The van der Waals surface area contributed by atoms with E-state index in [9.17, 15) is 4.79 Å². The number of hydrogen-bond donors (Lipinski definition) is 2. The van der Waals surface area contributed by atoms with E-state index in [-0.39, 0.29) is 18.6 Å². The molecule has 0 spiro atoms. The molecule has 1 saturated heterocycles. The van der Waals surface area contributed by atoms with Gasteiger partial charge in [-0.15, -0.1) is 0 Å². The lowest BCUT2D eigenvalue weighted by Crippen LogP contribution is -2.23. The first-order valence-electron chi connectivity index (χ1n) is 6.06. The van der Waals surface area contributed by atoms with Gasteiger partial charge in [-0.25, -0.2) is 0 Å². The first-order chi connectivity index (χ1) is 8.78. The Hall–Kier alpha value is -1.43. The molecule has 0 saturated carbocycles. The monoisotopic (exact) mass is 250 g/mol. The zero-order chi connectivity index (χ0) is 12.8. The summed E-state index contributed by atoms with van der Waals surface area (Å²) < 4.78 is 10.6. The lowest BCUT2D eigenvalue weighted by molar-refractivity contribution is -0.122. The fraction of sp³-hybridized carbons (Fsp3) is 0.462. The van der Waals surface area contributed by atoms with Crippen LogP contribution in [0.4, 0.5) is 5.69 Å². The summed E-state index contributed by atoms with van der Waals surface area (Å²) in [5, 5.41) is 2.78. The lowest BCUT2D eigenvalue weighted by Gasteiger charge is -2.10. The van der Waals surface area contributed by atoms with Gasteiger partial charge in [0.05, 0.1) is 12.7 Å². The van der Waals surface area contributed by atoms with Crippen LogP contribution in [0.3, 0.4) is 0 Å². The van der Waals surface area contributed by atoms with E-state index in [0.717, 1.165) is 17.7 Å². The van der Waals surface area contributed by atoms with Gasteiger partial charge in [-0.05, 0) is 24.1 Å². The van der Waals surface area contributed by atoms with Crippen LogP contribution in [0.25, 0.3) is 0 Å². The molecule has 18 heavy (non-hydrogen) atoms. The summed E-state index contributed by atoms with van der Waals surface area (Å²) in [7, 11) is 0. The van der Waals surface area contributed by atoms with Gasteiger partial charge in [0.25, 0.3) is 0 Å². The molecule has 5 nitrogen and oxygen atoms in total. The van der Waals surface area contributed by atoms with Crippen LogP contribution in [0.2, 0.25) is 0 Å². The van der Waals surface area contributed by atoms with Gasteiger partial charge in [0.1, 0.15) is 6.61 Å². The molecule has 1 unspecified atom stereocenters. The van der Waals surface area contributed by atoms with Gasteiger partial charge in [0.2, 0.25) is 5.91 Å². The molecular weight excluding hydrogens is 232 g/mol. The van der Waals surface area contributed by atoms with E-state index >= 15 is 0 Å². The second kappa shape index (κ2) is 6.49. The minimum Gasteiger partial charge on any atom is -0.379 e. The quantitative estimate of drug-likeness (QED) is 0.814. The van der Waals surface area contributed by atoms with Crippen molar-refractivity contribution in [3.05, 3.63) is 29.8 Å². The van der Waals surface area contributed by atoms with Crippen molar-refractivity contribution < 1.29 is 14.3 Å². The molecule has 3 N–H and O–H groups in total. The van der Waals surface area contributed by atoms with Crippen molar-refractivity contribution in [2.24, 2.45) is 5.73 Å². The average Bonchev–Trinajstić information content (AvgIpc) is 2.90. The van der Waals surface area contributed by atoms with Gasteiger partial charge < -0.3 is 20.5 Å². The highest BCUT2D eigenvalue weighted by Crippen LogP contribution is 2.11. The molecule has 5 heteroatoms. The zero-order valence-corrected chi connectivity index (χ0v) is 10.2. The number of rotatable bonds is 5. The molecule has 1 aromatic rings. The molecule has 1 fully saturated rings. The summed E-state index contributed by atoms with van der Waals surface area (Å²) >= 11 is 0. The van der Waals surface area contributed by atoms with Gasteiger partial charge in [-0.2, -0.15) is 0 Å². The maximum absolute atomic E-state index is 11.7. The topological polar surface area (TPSA) is 73.6 Å². The standard InChI is InChI=1S/C13H18N2O3/c14-7-10-2-1-3-11(6-10)15-13(16)9-18-12-4-5-17-8-12/h1-3,6,12H,4-5,7-9,14H2,(H,15,16). The van der Waals surface area contributed by atoms with Gasteiger partial charge >= 0.3 is 0 Å². The van der Waals surface area contributed by atoms with E-state index in [1.165, 1.54) is 0 Å². The second-order valence-electron chi connectivity index (χ2n) is 4.25. The van der Waals surface area contributed by atoms with Crippen LogP contribution in [-0.2, 0) is 20.8 Å². The third kappa shape index (κ3) is 3.80. The van der Waals surface area contributed by atoms with Crippen LogP contribution in [-0.4, -0.2) is 31.8 Å². The van der Waals surface area contributed by atoms with Crippen molar-refractivity contribution in [1.29, 1.82) is 0 Å². The molecule has 1 heterocycles. The maximum atomic E-state index is 11.7. The lowest BCUT2D eigenvalue weighted by atomic mass is 10.2. The minimum atomic E-state index is -0.156. The number of anilines is 1. The SMILES string of the molecule is NCc1cccc(NC(=O)COC2CCOC2)c1. The highest BCUT2D eigenvalue weighted by molar-refractivity contribution is 5.91. The number of hydrogen-bond acceptors (Lipinski definition) is 4. The van der Waals surface area contributed by atoms with Crippen LogP contribution in [0, 0.1) is 0 Å². The van der Waals surface area contributed by atoms with E-state index in [0.29, 0.717) is 19.8 Å². The number of nitrogens with two attached hydrogens (primary N) is 1. The summed E-state index contributed by atoms with van der Waals surface area (Å²) in [6, 6.07) is 7.47. The fourth-order valence-corrected chi connectivity index (χ4v) is 1.81. The molecular formula is C13H18N2O3. The molecule has 0 bridgehead atoms. The third-order valence-electron chi connectivity index (χ3n) is 2.78. The van der Waals surface area contributed by atoms with Gasteiger partial charge in [-0.1, -0.05) is 12.1 Å². The van der Waals surface area contributed by atoms with Crippen LogP contribution < -0.4 is 11.1 Å². The molecule has 1 amide bonds. The number of nitrogens with one attached hydrogen (secondary N) is 1. The predicted octanol–water partition coefficient (Wildman–Crippen LogP) is 0.889. The molecule has 98 valence electrons. The average molecular weight is 250 g/mol. The Morgan fingerprint density at radius 3 is 3.17 bits per heavy atom. The Kier molecular flexibility index (Phi) is 4.69. The molecule has 1 atom stereocenters. The number of carbonyl (C=O) groups is 1. The van der Waals surface area contributed by atoms with E-state index in [2.05, 4.69) is 5.32 Å². The molecule has 1 aliphatic rings. The van der Waals surface area contributed by atoms with Crippen LogP contribution in [0.5, 0.6) is 0 Å². The van der Waals surface area contributed by atoms with Gasteiger partial charge in [-0.3, -0.25) is 4.79 Å². The molecule has 1 aliphatic heterocycles. The number of amides is 1. The summed E-state index contributed by atoms with van der Waals surface area (Å²) in [6.45, 7) is 1.81. The van der Waals surface area contributed by atoms with E-state index < -0.39 is 0 Å². The van der Waals surface area contributed by atoms with Crippen molar-refractivity contribution >= 4 is 11.6 Å². The van der Waals surface area contributed by atoms with Gasteiger partial charge in [0.15, 0.2) is 0 Å². The Balaban J connectivity index is 1.78. The highest BCUT2D eigenvalue weighted by Gasteiger charge is 2.17. The molecule has 1 aromatic carbocycles. The smallest absolute Gasteiger partial charge is 0.250 e. The summed E-state index contributed by atoms with van der Waals surface area (Å²) in [4.78, 5) is 11.7. The first-order valence-corrected chi connectivity index (χ1v) is 6.06. The Morgan fingerprint density at radius 2 is 2.44 bits per heavy atom. The maximum Gasteiger partial charge on any atom is 0.250 e. The highest BCUT2D eigenvalue weighted by atomic mass is 16.5. The second-order valence-corrected chi connectivity index (χ2v) is 4.25. The molecule has 0 radical (unpaired) electrons. The summed E-state index contributed by atoms with van der Waals surface area (Å²) in [6.07, 6.45) is 0.904. The Labute approximate surface area is 106 Å². The summed E-state index contributed by atoms with van der Waals surface area (Å²) in [5.74, 6) is -0.156. The third-order valence-corrected chi connectivity index (χ3v) is 2.78. The fourth-order valence-electron chi connectivity index (χ4n) is 1.81. The first kappa shape index (κ1) is 13.0. The van der Waals surface area contributed by atoms with Crippen LogP contribution in [0.15, 0.2) is 24.3 Å². The summed E-state index contributed by atoms with van der Waals surface area (Å²) in [5.41, 5.74) is 7.27. The Morgan fingerprint density at radius 1 is 1.56 bits per heavy atom. The normalized spacial score (nSPS) is 18.8. The van der Waals surface area contributed by atoms with Crippen LogP contribution in [0.1, 0.15) is 12.0 Å². The van der Waals surface area contributed by atoms with Crippen molar-refractivity contribution in [2.75, 3.05) is 25.1 Å². The van der Waals surface area contributed by atoms with Crippen LogP contribution >= 0.6 is 0 Å². The predicted molar refractivity (Wildman–Crippen MR) is 68.1 cm³/mol. The van der Waals surface area contributed by atoms with Crippen molar-refractivity contribution in [2.45, 2.75) is 19.1 Å². The van der Waals surface area contributed by atoms with Crippen molar-refractivity contribution in [3.8, 4) is 0 Å². The largest absolute Gasteiger partial charge is 0.379 e. The number of carbonyl (C=O) groups excluding carboxylic acids is 1. The van der Waals surface area contributed by atoms with E-state index in [1.807, 2.05) is 24.3 Å². The van der Waals surface area contributed by atoms with Crippen molar-refractivity contribution in [3.63, 3.8) is 0 Å². The van der Waals surface area contributed by atoms with Gasteiger partial charge in [0, 0.05) is 18.8 Å². The van der Waals surface area contributed by atoms with Crippen molar-refractivity contribution in [1.82, 2.24) is 0 Å². The zero-order valence-electron chi connectivity index (χ0n) is 10.2. The number of benzene rings is 1. The number of ether oxygens (including phenoxy) is 2. The molecule has 0 aliphatic carbocycles. The van der Waals surface area contributed by atoms with E-state index in [1.54, 1.807) is 0 Å². The Bertz CT molecular complexity index is 403. The van der Waals surface area contributed by atoms with E-state index in [4.69, 9.17) is 15.2 Å². The molecule has 2 rings (SSSR count). The molecule has 0 aromatic heterocycles.